The van der Waals surface area contributed by atoms with Crippen LogP contribution in [-0.4, -0.2) is 11.3 Å². The molecule has 0 saturated heterocycles. The second-order valence-corrected chi connectivity index (χ2v) is 3.05. The number of hydrogen-bond acceptors (Lipinski definition) is 2. The zero-order valence-corrected chi connectivity index (χ0v) is 8.18. The summed E-state index contributed by atoms with van der Waals surface area (Å²) >= 11 is 5.48. The summed E-state index contributed by atoms with van der Waals surface area (Å²) < 4.78 is 24.9. The molecule has 2 nitrogen and oxygen atoms in total. The van der Waals surface area contributed by atoms with Crippen LogP contribution in [0.2, 0.25) is 0 Å². The van der Waals surface area contributed by atoms with Crippen molar-refractivity contribution in [2.24, 2.45) is 0 Å². The number of alkyl halides is 3. The molecule has 0 unspecified atom stereocenters. The maximum Gasteiger partial charge on any atom is 0.281 e. The number of carbonyl (C=O) groups excluding carboxylic acids is 1. The summed E-state index contributed by atoms with van der Waals surface area (Å²) in [7, 11) is 0. The molecule has 1 aromatic heterocycles. The smallest absolute Gasteiger partial charge is 0.281 e. The molecule has 1 rings (SSSR count). The molecule has 0 bridgehead atoms. The van der Waals surface area contributed by atoms with E-state index in [0.717, 1.165) is 0 Å². The Morgan fingerprint density at radius 3 is 2.71 bits per heavy atom. The molecule has 0 aliphatic carbocycles. The Hall–Kier alpha value is -1.03. The van der Waals surface area contributed by atoms with Gasteiger partial charge in [-0.3, -0.25) is 4.79 Å². The number of rotatable bonds is 3. The molecule has 14 heavy (non-hydrogen) atoms. The first kappa shape index (κ1) is 11.0. The highest BCUT2D eigenvalue weighted by Crippen LogP contribution is 2.23. The minimum atomic E-state index is -2.75. The lowest BCUT2D eigenvalue weighted by Gasteiger charge is -2.07. The first-order valence-electron chi connectivity index (χ1n) is 3.89. The fourth-order valence-electron chi connectivity index (χ4n) is 1.17. The van der Waals surface area contributed by atoms with E-state index in [4.69, 9.17) is 11.6 Å². The average molecular weight is 220 g/mol. The first-order valence-corrected chi connectivity index (χ1v) is 4.43. The van der Waals surface area contributed by atoms with Crippen molar-refractivity contribution < 1.29 is 13.6 Å². The van der Waals surface area contributed by atoms with Crippen molar-refractivity contribution in [1.82, 2.24) is 4.98 Å². The van der Waals surface area contributed by atoms with E-state index in [-0.39, 0.29) is 11.4 Å². The van der Waals surface area contributed by atoms with Crippen molar-refractivity contribution in [3.8, 4) is 0 Å². The van der Waals surface area contributed by atoms with E-state index >= 15 is 0 Å². The number of nitrogens with zero attached hydrogens (tertiary/aromatic N) is 1. The third kappa shape index (κ3) is 2.07. The van der Waals surface area contributed by atoms with Crippen LogP contribution in [-0.2, 0) is 5.88 Å². The summed E-state index contributed by atoms with van der Waals surface area (Å²) in [5, 5.41) is 0. The van der Waals surface area contributed by atoms with Crippen LogP contribution in [0.3, 0.4) is 0 Å². The topological polar surface area (TPSA) is 30.0 Å². The first-order chi connectivity index (χ1) is 6.60. The standard InChI is InChI=1S/C9H8ClF2NO/c1-5-2-6(3-10)13-8(9(11)12)7(5)4-14/h2,4,9H,3H2,1H3. The maximum absolute atomic E-state index is 12.4. The highest BCUT2D eigenvalue weighted by atomic mass is 35.5. The lowest BCUT2D eigenvalue weighted by atomic mass is 10.1. The molecular formula is C9H8ClF2NO. The molecule has 0 atom stereocenters. The molecule has 5 heteroatoms. The molecule has 0 aliphatic rings. The van der Waals surface area contributed by atoms with Crippen molar-refractivity contribution in [3.63, 3.8) is 0 Å². The fourth-order valence-corrected chi connectivity index (χ4v) is 1.30. The van der Waals surface area contributed by atoms with E-state index in [2.05, 4.69) is 4.98 Å². The Morgan fingerprint density at radius 2 is 2.29 bits per heavy atom. The summed E-state index contributed by atoms with van der Waals surface area (Å²) in [5.41, 5.74) is 0.288. The van der Waals surface area contributed by atoms with Gasteiger partial charge in [-0.2, -0.15) is 0 Å². The van der Waals surface area contributed by atoms with E-state index in [9.17, 15) is 13.6 Å². The van der Waals surface area contributed by atoms with Gasteiger partial charge >= 0.3 is 0 Å². The molecule has 0 spiro atoms. The van der Waals surface area contributed by atoms with Crippen LogP contribution >= 0.6 is 11.6 Å². The second kappa shape index (κ2) is 4.46. The third-order valence-corrected chi connectivity index (χ3v) is 2.08. The third-order valence-electron chi connectivity index (χ3n) is 1.81. The molecule has 1 aromatic rings. The van der Waals surface area contributed by atoms with Crippen LogP contribution in [0.4, 0.5) is 8.78 Å². The van der Waals surface area contributed by atoms with E-state index in [0.29, 0.717) is 17.5 Å². The molecule has 0 fully saturated rings. The highest BCUT2D eigenvalue weighted by Gasteiger charge is 2.17. The zero-order chi connectivity index (χ0) is 10.7. The van der Waals surface area contributed by atoms with E-state index in [1.165, 1.54) is 6.07 Å². The lowest BCUT2D eigenvalue weighted by Crippen LogP contribution is -2.03. The second-order valence-electron chi connectivity index (χ2n) is 2.78. The molecule has 1 heterocycles. The van der Waals surface area contributed by atoms with Gasteiger partial charge in [0.05, 0.1) is 11.6 Å². The molecule has 0 aliphatic heterocycles. The Bertz CT molecular complexity index is 355. The van der Waals surface area contributed by atoms with Crippen molar-refractivity contribution in [1.29, 1.82) is 0 Å². The SMILES string of the molecule is Cc1cc(CCl)nc(C(F)F)c1C=O. The number of aryl methyl sites for hydroxylation is 1. The molecule has 0 amide bonds. The van der Waals surface area contributed by atoms with Crippen LogP contribution in [0.1, 0.15) is 33.7 Å². The number of aromatic nitrogens is 1. The molecule has 0 aromatic carbocycles. The molecule has 76 valence electrons. The molecule has 0 radical (unpaired) electrons. The summed E-state index contributed by atoms with van der Waals surface area (Å²) in [6.45, 7) is 1.58. The fraction of sp³-hybridized carbons (Fsp3) is 0.333. The number of halogens is 3. The zero-order valence-electron chi connectivity index (χ0n) is 7.43. The van der Waals surface area contributed by atoms with Crippen molar-refractivity contribution in [3.05, 3.63) is 28.6 Å². The van der Waals surface area contributed by atoms with Crippen LogP contribution in [0.5, 0.6) is 0 Å². The Kier molecular flexibility index (Phi) is 3.52. The van der Waals surface area contributed by atoms with Gasteiger partial charge in [0, 0.05) is 5.56 Å². The van der Waals surface area contributed by atoms with Crippen LogP contribution in [0, 0.1) is 6.92 Å². The lowest BCUT2D eigenvalue weighted by molar-refractivity contribution is 0.110. The average Bonchev–Trinajstić information content (AvgIpc) is 2.16. The minimum absolute atomic E-state index is 0.0473. The summed E-state index contributed by atoms with van der Waals surface area (Å²) in [6.07, 6.45) is -2.36. The van der Waals surface area contributed by atoms with Crippen molar-refractivity contribution in [2.75, 3.05) is 0 Å². The Labute approximate surface area is 84.9 Å². The van der Waals surface area contributed by atoms with Gasteiger partial charge in [-0.25, -0.2) is 13.8 Å². The Morgan fingerprint density at radius 1 is 1.64 bits per heavy atom. The normalized spacial score (nSPS) is 10.6. The van der Waals surface area contributed by atoms with Crippen molar-refractivity contribution >= 4 is 17.9 Å². The van der Waals surface area contributed by atoms with E-state index in [1.54, 1.807) is 6.92 Å². The molecular weight excluding hydrogens is 212 g/mol. The minimum Gasteiger partial charge on any atom is -0.298 e. The number of hydrogen-bond donors (Lipinski definition) is 0. The van der Waals surface area contributed by atoms with Gasteiger partial charge in [0.2, 0.25) is 0 Å². The summed E-state index contributed by atoms with van der Waals surface area (Å²) in [5.74, 6) is 0.0553. The van der Waals surface area contributed by atoms with E-state index in [1.807, 2.05) is 0 Å². The van der Waals surface area contributed by atoms with Crippen molar-refractivity contribution in [2.45, 2.75) is 19.2 Å². The largest absolute Gasteiger partial charge is 0.298 e. The van der Waals surface area contributed by atoms with E-state index < -0.39 is 12.1 Å². The van der Waals surface area contributed by atoms with Crippen LogP contribution in [0.15, 0.2) is 6.07 Å². The Balaban J connectivity index is 3.35. The number of aldehydes is 1. The monoisotopic (exact) mass is 219 g/mol. The quantitative estimate of drug-likeness (QED) is 0.578. The number of pyridine rings is 1. The molecule has 0 saturated carbocycles. The van der Waals surface area contributed by atoms with Gasteiger partial charge in [-0.15, -0.1) is 11.6 Å². The van der Waals surface area contributed by atoms with Gasteiger partial charge in [-0.05, 0) is 18.6 Å². The molecule has 0 N–H and O–H groups in total. The van der Waals surface area contributed by atoms with Gasteiger partial charge < -0.3 is 0 Å². The van der Waals surface area contributed by atoms with Gasteiger partial charge in [0.1, 0.15) is 5.69 Å². The van der Waals surface area contributed by atoms with Gasteiger partial charge in [0.15, 0.2) is 6.29 Å². The predicted molar refractivity (Wildman–Crippen MR) is 48.9 cm³/mol. The van der Waals surface area contributed by atoms with Crippen LogP contribution in [0.25, 0.3) is 0 Å². The van der Waals surface area contributed by atoms with Gasteiger partial charge in [-0.1, -0.05) is 0 Å². The van der Waals surface area contributed by atoms with Gasteiger partial charge in [0.25, 0.3) is 6.43 Å². The highest BCUT2D eigenvalue weighted by molar-refractivity contribution is 6.16. The number of carbonyl (C=O) groups is 1. The summed E-state index contributed by atoms with van der Waals surface area (Å²) in [6, 6.07) is 1.53. The maximum atomic E-state index is 12.4. The van der Waals surface area contributed by atoms with Crippen LogP contribution < -0.4 is 0 Å². The summed E-state index contributed by atoms with van der Waals surface area (Å²) in [4.78, 5) is 14.2. The predicted octanol–water partition coefficient (Wildman–Crippen LogP) is 2.88.